The minimum absolute atomic E-state index is 0.210. The molecule has 4 heterocycles. The van der Waals surface area contributed by atoms with Gasteiger partial charge in [0.05, 0.1) is 17.7 Å². The monoisotopic (exact) mass is 406 g/mol. The first-order valence-electron chi connectivity index (χ1n) is 11.6. The molecule has 0 unspecified atom stereocenters. The largest absolute Gasteiger partial charge is 0.480 e. The molecule has 1 aromatic heterocycles. The lowest BCUT2D eigenvalue weighted by Gasteiger charge is -2.45. The maximum atomic E-state index is 12.9. The van der Waals surface area contributed by atoms with E-state index in [1.165, 1.54) is 25.0 Å². The van der Waals surface area contributed by atoms with Crippen LogP contribution in [0.3, 0.4) is 0 Å². The Hall–Kier alpha value is -2.50. The third-order valence-corrected chi connectivity index (χ3v) is 7.61. The Balaban J connectivity index is 1.32. The standard InChI is InChI=1S/C24H30N4O2/c29-23(26-12-3-4-13-26)27-14-10-24(11-15-27)22-21(19-8-1-2-9-20(19)30-24)25-17-28(22)16-18-6-5-7-18/h1-2,8-9,17-18H,3-7,10-16H2. The fourth-order valence-electron chi connectivity index (χ4n) is 5.67. The first kappa shape index (κ1) is 18.3. The zero-order chi connectivity index (χ0) is 20.1. The first-order valence-corrected chi connectivity index (χ1v) is 11.6. The summed E-state index contributed by atoms with van der Waals surface area (Å²) in [5.74, 6) is 1.69. The molecule has 0 atom stereocenters. The van der Waals surface area contributed by atoms with E-state index in [1.807, 2.05) is 22.2 Å². The number of likely N-dealkylation sites (tertiary alicyclic amines) is 2. The van der Waals surface area contributed by atoms with Crippen molar-refractivity contribution in [2.75, 3.05) is 26.2 Å². The second-order valence-corrected chi connectivity index (χ2v) is 9.45. The summed E-state index contributed by atoms with van der Waals surface area (Å²) >= 11 is 0. The maximum Gasteiger partial charge on any atom is 0.320 e. The van der Waals surface area contributed by atoms with Gasteiger partial charge in [-0.2, -0.15) is 0 Å². The van der Waals surface area contributed by atoms with Gasteiger partial charge in [-0.05, 0) is 43.7 Å². The molecule has 1 spiro atoms. The molecule has 30 heavy (non-hydrogen) atoms. The Bertz CT molecular complexity index is 950. The van der Waals surface area contributed by atoms with Gasteiger partial charge in [-0.3, -0.25) is 0 Å². The van der Waals surface area contributed by atoms with Gasteiger partial charge in [0.2, 0.25) is 0 Å². The average Bonchev–Trinajstić information content (AvgIpc) is 3.42. The summed E-state index contributed by atoms with van der Waals surface area (Å²) in [4.78, 5) is 21.8. The van der Waals surface area contributed by atoms with Gasteiger partial charge >= 0.3 is 6.03 Å². The third kappa shape index (κ3) is 2.83. The fraction of sp³-hybridized carbons (Fsp3) is 0.583. The fourth-order valence-corrected chi connectivity index (χ4v) is 5.67. The van der Waals surface area contributed by atoms with Gasteiger partial charge in [0, 0.05) is 51.1 Å². The van der Waals surface area contributed by atoms with Crippen molar-refractivity contribution in [1.82, 2.24) is 19.4 Å². The van der Waals surface area contributed by atoms with Crippen molar-refractivity contribution in [2.45, 2.75) is 57.1 Å². The van der Waals surface area contributed by atoms with Crippen molar-refractivity contribution < 1.29 is 9.53 Å². The van der Waals surface area contributed by atoms with Gasteiger partial charge in [0.15, 0.2) is 5.60 Å². The summed E-state index contributed by atoms with van der Waals surface area (Å²) < 4.78 is 9.13. The lowest BCUT2D eigenvalue weighted by molar-refractivity contribution is -0.00529. The number of aromatic nitrogens is 2. The number of imidazole rings is 1. The average molecular weight is 407 g/mol. The van der Waals surface area contributed by atoms with Crippen molar-refractivity contribution in [1.29, 1.82) is 0 Å². The first-order chi connectivity index (χ1) is 14.7. The Morgan fingerprint density at radius 1 is 1.03 bits per heavy atom. The van der Waals surface area contributed by atoms with Gasteiger partial charge in [-0.25, -0.2) is 9.78 Å². The van der Waals surface area contributed by atoms with Crippen LogP contribution in [-0.2, 0) is 12.1 Å². The highest BCUT2D eigenvalue weighted by atomic mass is 16.5. The molecule has 6 heteroatoms. The molecule has 0 bridgehead atoms. The van der Waals surface area contributed by atoms with Crippen LogP contribution in [0.4, 0.5) is 4.79 Å². The number of fused-ring (bicyclic) bond motifs is 4. The van der Waals surface area contributed by atoms with E-state index in [0.29, 0.717) is 0 Å². The van der Waals surface area contributed by atoms with Crippen molar-refractivity contribution in [3.63, 3.8) is 0 Å². The molecular weight excluding hydrogens is 376 g/mol. The van der Waals surface area contributed by atoms with E-state index in [9.17, 15) is 4.79 Å². The third-order valence-electron chi connectivity index (χ3n) is 7.61. The maximum absolute atomic E-state index is 12.9. The number of para-hydroxylation sites is 1. The van der Waals surface area contributed by atoms with Crippen LogP contribution in [0, 0.1) is 5.92 Å². The molecule has 3 aliphatic heterocycles. The Kier molecular flexibility index (Phi) is 4.29. The van der Waals surface area contributed by atoms with Crippen molar-refractivity contribution >= 4 is 6.03 Å². The lowest BCUT2D eigenvalue weighted by Crippen LogP contribution is -2.52. The van der Waals surface area contributed by atoms with Gasteiger partial charge in [0.1, 0.15) is 5.75 Å². The van der Waals surface area contributed by atoms with Crippen LogP contribution in [0.5, 0.6) is 5.75 Å². The summed E-state index contributed by atoms with van der Waals surface area (Å²) in [6.07, 6.45) is 9.91. The molecule has 2 saturated heterocycles. The number of amides is 2. The highest BCUT2D eigenvalue weighted by Gasteiger charge is 2.47. The molecule has 0 N–H and O–H groups in total. The molecule has 1 saturated carbocycles. The van der Waals surface area contributed by atoms with E-state index in [4.69, 9.17) is 9.72 Å². The molecule has 1 aromatic carbocycles. The number of ether oxygens (including phenoxy) is 1. The predicted molar refractivity (Wildman–Crippen MR) is 114 cm³/mol. The number of rotatable bonds is 2. The molecule has 3 fully saturated rings. The molecule has 1 aliphatic carbocycles. The summed E-state index contributed by atoms with van der Waals surface area (Å²) in [6, 6.07) is 8.49. The molecule has 158 valence electrons. The Labute approximate surface area is 177 Å². The highest BCUT2D eigenvalue weighted by molar-refractivity contribution is 5.75. The number of urea groups is 1. The number of hydrogen-bond acceptors (Lipinski definition) is 3. The molecule has 6 nitrogen and oxygen atoms in total. The normalized spacial score (nSPS) is 22.4. The summed E-state index contributed by atoms with van der Waals surface area (Å²) in [6.45, 7) is 4.33. The van der Waals surface area contributed by atoms with Gasteiger partial charge < -0.3 is 19.1 Å². The van der Waals surface area contributed by atoms with Crippen LogP contribution in [-0.4, -0.2) is 51.6 Å². The SMILES string of the molecule is O=C(N1CCCC1)N1CCC2(CC1)Oc1ccccc1-c1ncn(CC3CCC3)c12. The molecule has 0 radical (unpaired) electrons. The van der Waals surface area contributed by atoms with Crippen LogP contribution in [0.2, 0.25) is 0 Å². The number of carbonyl (C=O) groups excluding carboxylic acids is 1. The van der Waals surface area contributed by atoms with E-state index < -0.39 is 0 Å². The predicted octanol–water partition coefficient (Wildman–Crippen LogP) is 4.25. The number of hydrogen-bond donors (Lipinski definition) is 0. The Morgan fingerprint density at radius 3 is 2.50 bits per heavy atom. The van der Waals surface area contributed by atoms with Crippen LogP contribution in [0.15, 0.2) is 30.6 Å². The van der Waals surface area contributed by atoms with E-state index in [2.05, 4.69) is 22.8 Å². The summed E-state index contributed by atoms with van der Waals surface area (Å²) in [5.41, 5.74) is 3.03. The molecule has 2 aromatic rings. The van der Waals surface area contributed by atoms with Crippen molar-refractivity contribution in [3.05, 3.63) is 36.3 Å². The zero-order valence-corrected chi connectivity index (χ0v) is 17.6. The second-order valence-electron chi connectivity index (χ2n) is 9.45. The number of carbonyl (C=O) groups is 1. The van der Waals surface area contributed by atoms with E-state index >= 15 is 0 Å². The topological polar surface area (TPSA) is 50.6 Å². The van der Waals surface area contributed by atoms with Crippen LogP contribution in [0.1, 0.15) is 50.6 Å². The van der Waals surface area contributed by atoms with Crippen LogP contribution in [0.25, 0.3) is 11.3 Å². The molecule has 2 amide bonds. The van der Waals surface area contributed by atoms with E-state index in [0.717, 1.165) is 81.3 Å². The number of piperidine rings is 1. The number of benzene rings is 1. The summed E-state index contributed by atoms with van der Waals surface area (Å²) in [7, 11) is 0. The molecule has 4 aliphatic rings. The van der Waals surface area contributed by atoms with E-state index in [1.54, 1.807) is 0 Å². The Morgan fingerprint density at radius 2 is 1.77 bits per heavy atom. The van der Waals surface area contributed by atoms with Gasteiger partial charge in [-0.1, -0.05) is 18.6 Å². The minimum Gasteiger partial charge on any atom is -0.480 e. The van der Waals surface area contributed by atoms with Crippen LogP contribution >= 0.6 is 0 Å². The number of nitrogens with zero attached hydrogens (tertiary/aromatic N) is 4. The smallest absolute Gasteiger partial charge is 0.320 e. The van der Waals surface area contributed by atoms with Gasteiger partial charge in [-0.15, -0.1) is 0 Å². The van der Waals surface area contributed by atoms with Gasteiger partial charge in [0.25, 0.3) is 0 Å². The van der Waals surface area contributed by atoms with Crippen LogP contribution < -0.4 is 4.74 Å². The second kappa shape index (κ2) is 7.03. The zero-order valence-electron chi connectivity index (χ0n) is 17.6. The van der Waals surface area contributed by atoms with Crippen molar-refractivity contribution in [3.8, 4) is 17.0 Å². The highest BCUT2D eigenvalue weighted by Crippen LogP contribution is 2.49. The molecular formula is C24H30N4O2. The molecule has 6 rings (SSSR count). The lowest BCUT2D eigenvalue weighted by atomic mass is 9.82. The van der Waals surface area contributed by atoms with E-state index in [-0.39, 0.29) is 11.6 Å². The minimum atomic E-state index is -0.383. The summed E-state index contributed by atoms with van der Waals surface area (Å²) in [5, 5.41) is 0. The quantitative estimate of drug-likeness (QED) is 0.749. The van der Waals surface area contributed by atoms with Crippen molar-refractivity contribution in [2.24, 2.45) is 5.92 Å².